The van der Waals surface area contributed by atoms with Gasteiger partial charge in [-0.05, 0) is 19.4 Å². The highest BCUT2D eigenvalue weighted by atomic mass is 16.4. The number of aryl methyl sites for hydroxylation is 1. The van der Waals surface area contributed by atoms with E-state index in [2.05, 4.69) is 15.2 Å². The molecule has 1 fully saturated rings. The Morgan fingerprint density at radius 3 is 3.19 bits per heavy atom. The molecule has 2 heterocycles. The van der Waals surface area contributed by atoms with Gasteiger partial charge in [-0.2, -0.15) is 5.10 Å². The zero-order chi connectivity index (χ0) is 11.5. The molecule has 1 aliphatic rings. The average molecular weight is 223 g/mol. The molecular formula is C10H17N5O. The maximum Gasteiger partial charge on any atom is 0.156 e. The molecule has 0 saturated carbocycles. The van der Waals surface area contributed by atoms with Crippen LogP contribution in [0.15, 0.2) is 17.5 Å². The molecule has 1 unspecified atom stereocenters. The molecule has 0 amide bonds. The predicted octanol–water partition coefficient (Wildman–Crippen LogP) is 0.131. The molecule has 0 radical (unpaired) electrons. The molecule has 0 spiro atoms. The Bertz CT molecular complexity index is 386. The lowest BCUT2D eigenvalue weighted by Gasteiger charge is -2.22. The summed E-state index contributed by atoms with van der Waals surface area (Å²) in [4.78, 5) is 2.21. The van der Waals surface area contributed by atoms with Crippen molar-refractivity contribution >= 4 is 5.84 Å². The van der Waals surface area contributed by atoms with Crippen LogP contribution >= 0.6 is 0 Å². The molecule has 3 N–H and O–H groups in total. The van der Waals surface area contributed by atoms with Crippen LogP contribution in [0.3, 0.4) is 0 Å². The van der Waals surface area contributed by atoms with E-state index in [9.17, 15) is 0 Å². The molecule has 1 aliphatic heterocycles. The molecular weight excluding hydrogens is 206 g/mol. The normalized spacial score (nSPS) is 22.8. The van der Waals surface area contributed by atoms with E-state index in [1.165, 1.54) is 0 Å². The van der Waals surface area contributed by atoms with Gasteiger partial charge in [0.05, 0.1) is 12.2 Å². The van der Waals surface area contributed by atoms with Crippen LogP contribution in [0.1, 0.15) is 18.4 Å². The highest BCUT2D eigenvalue weighted by molar-refractivity contribution is 5.85. The molecule has 1 saturated heterocycles. The van der Waals surface area contributed by atoms with Crippen molar-refractivity contribution in [1.29, 1.82) is 0 Å². The number of rotatable bonds is 3. The van der Waals surface area contributed by atoms with Gasteiger partial charge in [-0.15, -0.1) is 0 Å². The number of likely N-dealkylation sites (tertiary alicyclic amines) is 1. The van der Waals surface area contributed by atoms with Gasteiger partial charge in [0.1, 0.15) is 0 Å². The van der Waals surface area contributed by atoms with E-state index < -0.39 is 0 Å². The first-order chi connectivity index (χ1) is 7.70. The van der Waals surface area contributed by atoms with E-state index >= 15 is 0 Å². The van der Waals surface area contributed by atoms with Crippen LogP contribution in [0.4, 0.5) is 0 Å². The summed E-state index contributed by atoms with van der Waals surface area (Å²) in [6.07, 6.45) is 5.88. The van der Waals surface area contributed by atoms with Crippen LogP contribution in [-0.2, 0) is 13.6 Å². The first-order valence-electron chi connectivity index (χ1n) is 5.39. The van der Waals surface area contributed by atoms with E-state index in [0.29, 0.717) is 5.84 Å². The van der Waals surface area contributed by atoms with Gasteiger partial charge >= 0.3 is 0 Å². The molecule has 6 heteroatoms. The number of aromatic nitrogens is 2. The maximum absolute atomic E-state index is 8.70. The van der Waals surface area contributed by atoms with E-state index in [0.717, 1.165) is 31.5 Å². The summed E-state index contributed by atoms with van der Waals surface area (Å²) < 4.78 is 1.78. The fraction of sp³-hybridized carbons (Fsp3) is 0.600. The quantitative estimate of drug-likeness (QED) is 0.330. The monoisotopic (exact) mass is 223 g/mol. The zero-order valence-corrected chi connectivity index (χ0v) is 9.37. The fourth-order valence-electron chi connectivity index (χ4n) is 2.21. The van der Waals surface area contributed by atoms with Crippen molar-refractivity contribution in [2.45, 2.75) is 25.4 Å². The van der Waals surface area contributed by atoms with E-state index in [-0.39, 0.29) is 6.04 Å². The second-order valence-corrected chi connectivity index (χ2v) is 4.18. The van der Waals surface area contributed by atoms with Crippen LogP contribution in [0.25, 0.3) is 0 Å². The van der Waals surface area contributed by atoms with Crippen LogP contribution in [0, 0.1) is 0 Å². The number of nitrogens with two attached hydrogens (primary N) is 1. The Hall–Kier alpha value is -1.56. The number of hydrogen-bond donors (Lipinski definition) is 2. The van der Waals surface area contributed by atoms with Gasteiger partial charge in [0.15, 0.2) is 5.84 Å². The fourth-order valence-corrected chi connectivity index (χ4v) is 2.21. The minimum Gasteiger partial charge on any atom is -0.409 e. The van der Waals surface area contributed by atoms with Gasteiger partial charge in [-0.25, -0.2) is 0 Å². The molecule has 2 rings (SSSR count). The molecule has 16 heavy (non-hydrogen) atoms. The molecule has 0 aromatic carbocycles. The highest BCUT2D eigenvalue weighted by Crippen LogP contribution is 2.19. The summed E-state index contributed by atoms with van der Waals surface area (Å²) in [5.41, 5.74) is 6.82. The van der Waals surface area contributed by atoms with Gasteiger partial charge in [-0.3, -0.25) is 9.58 Å². The average Bonchev–Trinajstić information content (AvgIpc) is 2.87. The second kappa shape index (κ2) is 4.52. The number of amidine groups is 1. The van der Waals surface area contributed by atoms with Crippen molar-refractivity contribution in [2.75, 3.05) is 6.54 Å². The zero-order valence-electron chi connectivity index (χ0n) is 9.37. The number of nitrogens with zero attached hydrogens (tertiary/aromatic N) is 4. The largest absolute Gasteiger partial charge is 0.409 e. The van der Waals surface area contributed by atoms with Gasteiger partial charge in [0.25, 0.3) is 0 Å². The standard InChI is InChI=1S/C10H17N5O/c1-14-6-8(5-12-14)7-15-4-2-3-9(15)10(11)13-16/h5-6,9,16H,2-4,7H2,1H3,(H2,11,13). The van der Waals surface area contributed by atoms with Crippen LogP contribution in [-0.4, -0.2) is 38.3 Å². The number of hydrogen-bond acceptors (Lipinski definition) is 4. The van der Waals surface area contributed by atoms with Crippen LogP contribution < -0.4 is 5.73 Å². The molecule has 6 nitrogen and oxygen atoms in total. The minimum atomic E-state index is 0.0604. The lowest BCUT2D eigenvalue weighted by Crippen LogP contribution is -2.39. The van der Waals surface area contributed by atoms with E-state index in [1.54, 1.807) is 4.68 Å². The summed E-state index contributed by atoms with van der Waals surface area (Å²) in [5.74, 6) is 0.307. The van der Waals surface area contributed by atoms with E-state index in [4.69, 9.17) is 10.9 Å². The Morgan fingerprint density at radius 2 is 2.56 bits per heavy atom. The molecule has 0 bridgehead atoms. The third-order valence-electron chi connectivity index (χ3n) is 2.96. The first kappa shape index (κ1) is 10.9. The predicted molar refractivity (Wildman–Crippen MR) is 60.0 cm³/mol. The Morgan fingerprint density at radius 1 is 1.75 bits per heavy atom. The van der Waals surface area contributed by atoms with E-state index in [1.807, 2.05) is 19.4 Å². The molecule has 1 aromatic rings. The second-order valence-electron chi connectivity index (χ2n) is 4.18. The molecule has 88 valence electrons. The molecule has 0 aliphatic carbocycles. The van der Waals surface area contributed by atoms with Crippen LogP contribution in [0.2, 0.25) is 0 Å². The summed E-state index contributed by atoms with van der Waals surface area (Å²) in [6.45, 7) is 1.78. The maximum atomic E-state index is 8.70. The summed E-state index contributed by atoms with van der Waals surface area (Å²) in [6, 6.07) is 0.0604. The third kappa shape index (κ3) is 2.16. The summed E-state index contributed by atoms with van der Waals surface area (Å²) in [5, 5.41) is 15.9. The Balaban J connectivity index is 2.04. The van der Waals surface area contributed by atoms with Crippen LogP contribution in [0.5, 0.6) is 0 Å². The lowest BCUT2D eigenvalue weighted by molar-refractivity contribution is 0.275. The smallest absolute Gasteiger partial charge is 0.156 e. The van der Waals surface area contributed by atoms with Gasteiger partial charge in [0.2, 0.25) is 0 Å². The first-order valence-corrected chi connectivity index (χ1v) is 5.39. The summed E-state index contributed by atoms with van der Waals surface area (Å²) in [7, 11) is 1.90. The molecule has 1 atom stereocenters. The topological polar surface area (TPSA) is 79.7 Å². The van der Waals surface area contributed by atoms with Gasteiger partial charge < -0.3 is 10.9 Å². The lowest BCUT2D eigenvalue weighted by atomic mass is 10.2. The van der Waals surface area contributed by atoms with Crippen molar-refractivity contribution in [3.63, 3.8) is 0 Å². The van der Waals surface area contributed by atoms with Crippen molar-refractivity contribution in [2.24, 2.45) is 17.9 Å². The summed E-state index contributed by atoms with van der Waals surface area (Å²) >= 11 is 0. The van der Waals surface area contributed by atoms with Crippen molar-refractivity contribution in [3.8, 4) is 0 Å². The van der Waals surface area contributed by atoms with Crippen molar-refractivity contribution in [3.05, 3.63) is 18.0 Å². The van der Waals surface area contributed by atoms with Gasteiger partial charge in [-0.1, -0.05) is 5.16 Å². The highest BCUT2D eigenvalue weighted by Gasteiger charge is 2.28. The SMILES string of the molecule is Cn1cc(CN2CCCC2C(N)=NO)cn1. The minimum absolute atomic E-state index is 0.0604. The number of oxime groups is 1. The Kier molecular flexibility index (Phi) is 3.09. The van der Waals surface area contributed by atoms with Crippen molar-refractivity contribution in [1.82, 2.24) is 14.7 Å². The third-order valence-corrected chi connectivity index (χ3v) is 2.96. The van der Waals surface area contributed by atoms with Gasteiger partial charge in [0, 0.05) is 25.4 Å². The molecule has 1 aromatic heterocycles. The Labute approximate surface area is 94.3 Å². The van der Waals surface area contributed by atoms with Crippen molar-refractivity contribution < 1.29 is 5.21 Å².